The third kappa shape index (κ3) is 2.39. The van der Waals surface area contributed by atoms with E-state index in [0.29, 0.717) is 34.6 Å². The lowest BCUT2D eigenvalue weighted by molar-refractivity contribution is -0.129. The predicted molar refractivity (Wildman–Crippen MR) is 106 cm³/mol. The first-order chi connectivity index (χ1) is 13.6. The average molecular weight is 370 g/mol. The molecular weight excluding hydrogens is 348 g/mol. The summed E-state index contributed by atoms with van der Waals surface area (Å²) in [6.07, 6.45) is 4.03. The topological polar surface area (TPSA) is 51.2 Å². The minimum absolute atomic E-state index is 0.0658. The van der Waals surface area contributed by atoms with E-state index in [1.807, 2.05) is 48.5 Å². The van der Waals surface area contributed by atoms with Gasteiger partial charge in [-0.3, -0.25) is 14.4 Å². The molecule has 0 radical (unpaired) electrons. The summed E-state index contributed by atoms with van der Waals surface area (Å²) in [4.78, 5) is 40.1. The van der Waals surface area contributed by atoms with Gasteiger partial charge >= 0.3 is 0 Å². The Morgan fingerprint density at radius 1 is 0.857 bits per heavy atom. The number of carbonyl (C=O) groups excluding carboxylic acids is 3. The molecule has 0 heterocycles. The van der Waals surface area contributed by atoms with Crippen LogP contribution in [0, 0.1) is 17.3 Å². The first kappa shape index (κ1) is 17.3. The van der Waals surface area contributed by atoms with Crippen molar-refractivity contribution >= 4 is 17.3 Å². The van der Waals surface area contributed by atoms with Crippen LogP contribution in [0.2, 0.25) is 0 Å². The molecular formula is C25H22O3. The fourth-order valence-corrected chi connectivity index (χ4v) is 5.81. The largest absolute Gasteiger partial charge is 0.299 e. The predicted octanol–water partition coefficient (Wildman–Crippen LogP) is 4.83. The Kier molecular flexibility index (Phi) is 3.94. The molecule has 0 unspecified atom stereocenters. The van der Waals surface area contributed by atoms with E-state index in [9.17, 15) is 14.4 Å². The Bertz CT molecular complexity index is 1000. The number of carbonyl (C=O) groups is 3. The second-order valence-electron chi connectivity index (χ2n) is 8.36. The maximum Gasteiger partial charge on any atom is 0.190 e. The molecule has 2 fully saturated rings. The first-order valence-electron chi connectivity index (χ1n) is 10.1. The summed E-state index contributed by atoms with van der Waals surface area (Å²) in [6.45, 7) is 0. The molecule has 1 spiro atoms. The molecule has 2 bridgehead atoms. The zero-order valence-corrected chi connectivity index (χ0v) is 15.7. The molecule has 4 aliphatic carbocycles. The van der Waals surface area contributed by atoms with Gasteiger partial charge in [-0.25, -0.2) is 0 Å². The van der Waals surface area contributed by atoms with Crippen LogP contribution in [0.4, 0.5) is 0 Å². The van der Waals surface area contributed by atoms with Crippen LogP contribution in [0.15, 0.2) is 71.8 Å². The van der Waals surface area contributed by atoms with Gasteiger partial charge in [0, 0.05) is 40.0 Å². The number of allylic oxidation sites excluding steroid dienone is 2. The van der Waals surface area contributed by atoms with Gasteiger partial charge in [0.15, 0.2) is 11.6 Å². The second kappa shape index (κ2) is 6.37. The van der Waals surface area contributed by atoms with Crippen LogP contribution in [-0.2, 0) is 4.79 Å². The van der Waals surface area contributed by atoms with Crippen molar-refractivity contribution in [2.24, 2.45) is 17.3 Å². The van der Waals surface area contributed by atoms with E-state index in [1.165, 1.54) is 0 Å². The van der Waals surface area contributed by atoms with Crippen molar-refractivity contribution in [1.29, 1.82) is 0 Å². The Hall–Kier alpha value is -2.81. The molecule has 3 heteroatoms. The first-order valence-corrected chi connectivity index (χ1v) is 10.1. The summed E-state index contributed by atoms with van der Waals surface area (Å²) in [5.41, 5.74) is 1.84. The molecule has 6 rings (SSSR count). The van der Waals surface area contributed by atoms with Crippen molar-refractivity contribution in [2.75, 3.05) is 0 Å². The molecule has 0 saturated heterocycles. The SMILES string of the molecule is O=C(C1=C(C(=O)c2ccccc2)[C@@]23CCC[C@H]2C[C@@H]1C(=O)C3)c1ccccc1. The molecule has 140 valence electrons. The van der Waals surface area contributed by atoms with Crippen molar-refractivity contribution in [3.63, 3.8) is 0 Å². The van der Waals surface area contributed by atoms with Crippen molar-refractivity contribution < 1.29 is 14.4 Å². The summed E-state index contributed by atoms with van der Waals surface area (Å²) in [6, 6.07) is 18.3. The fraction of sp³-hybridized carbons (Fsp3) is 0.320. The third-order valence-electron chi connectivity index (χ3n) is 7.01. The van der Waals surface area contributed by atoms with E-state index < -0.39 is 11.3 Å². The van der Waals surface area contributed by atoms with Crippen LogP contribution in [0.3, 0.4) is 0 Å². The molecule has 2 aromatic carbocycles. The van der Waals surface area contributed by atoms with Crippen LogP contribution in [0.5, 0.6) is 0 Å². The number of ketones is 3. The van der Waals surface area contributed by atoms with Crippen molar-refractivity contribution in [3.05, 3.63) is 82.9 Å². The molecule has 28 heavy (non-hydrogen) atoms. The summed E-state index contributed by atoms with van der Waals surface area (Å²) in [5.74, 6) is -0.167. The summed E-state index contributed by atoms with van der Waals surface area (Å²) < 4.78 is 0. The molecule has 3 nitrogen and oxygen atoms in total. The lowest BCUT2D eigenvalue weighted by Gasteiger charge is -2.49. The van der Waals surface area contributed by atoms with Gasteiger partial charge in [0.05, 0.1) is 0 Å². The summed E-state index contributed by atoms with van der Waals surface area (Å²) in [7, 11) is 0. The zero-order chi connectivity index (χ0) is 19.3. The highest BCUT2D eigenvalue weighted by atomic mass is 16.1. The van der Waals surface area contributed by atoms with E-state index in [4.69, 9.17) is 0 Å². The lowest BCUT2D eigenvalue weighted by atomic mass is 9.51. The highest BCUT2D eigenvalue weighted by molar-refractivity contribution is 6.22. The van der Waals surface area contributed by atoms with Gasteiger partial charge in [0.2, 0.25) is 0 Å². The molecule has 0 amide bonds. The maximum absolute atomic E-state index is 13.7. The van der Waals surface area contributed by atoms with Gasteiger partial charge in [-0.2, -0.15) is 0 Å². The molecule has 0 N–H and O–H groups in total. The minimum Gasteiger partial charge on any atom is -0.299 e. The third-order valence-corrected chi connectivity index (χ3v) is 7.01. The lowest BCUT2D eigenvalue weighted by Crippen LogP contribution is -2.49. The van der Waals surface area contributed by atoms with E-state index in [2.05, 4.69) is 0 Å². The van der Waals surface area contributed by atoms with Crippen molar-refractivity contribution in [1.82, 2.24) is 0 Å². The van der Waals surface area contributed by atoms with Crippen LogP contribution in [0.1, 0.15) is 52.8 Å². The van der Waals surface area contributed by atoms with Crippen LogP contribution >= 0.6 is 0 Å². The minimum atomic E-state index is -0.446. The molecule has 2 saturated carbocycles. The van der Waals surface area contributed by atoms with Gasteiger partial charge in [-0.15, -0.1) is 0 Å². The smallest absolute Gasteiger partial charge is 0.190 e. The maximum atomic E-state index is 13.7. The standard InChI is InChI=1S/C25H22O3/c26-20-15-25-13-7-12-18(25)14-19(20)21(23(27)16-8-3-1-4-9-16)22(25)24(28)17-10-5-2-6-11-17/h1-6,8-11,18-19H,7,12-15H2/t18-,19+,25+/m0/s1. The Balaban J connectivity index is 1.74. The summed E-state index contributed by atoms with van der Waals surface area (Å²) in [5, 5.41) is 0. The van der Waals surface area contributed by atoms with E-state index in [-0.39, 0.29) is 17.3 Å². The highest BCUT2D eigenvalue weighted by Gasteiger charge is 2.60. The molecule has 0 aliphatic heterocycles. The Labute approximate surface area is 164 Å². The van der Waals surface area contributed by atoms with E-state index in [1.54, 1.807) is 12.1 Å². The van der Waals surface area contributed by atoms with E-state index in [0.717, 1.165) is 25.7 Å². The van der Waals surface area contributed by atoms with Gasteiger partial charge in [-0.05, 0) is 25.2 Å². The quantitative estimate of drug-likeness (QED) is 0.725. The van der Waals surface area contributed by atoms with Crippen LogP contribution < -0.4 is 0 Å². The monoisotopic (exact) mass is 370 g/mol. The van der Waals surface area contributed by atoms with Crippen molar-refractivity contribution in [2.45, 2.75) is 32.1 Å². The molecule has 0 aromatic heterocycles. The highest BCUT2D eigenvalue weighted by Crippen LogP contribution is 2.63. The average Bonchev–Trinajstić information content (AvgIpc) is 3.16. The Morgan fingerprint density at radius 3 is 2.11 bits per heavy atom. The Morgan fingerprint density at radius 2 is 1.46 bits per heavy atom. The fourth-order valence-electron chi connectivity index (χ4n) is 5.81. The second-order valence-corrected chi connectivity index (χ2v) is 8.36. The number of rotatable bonds is 4. The number of fused-ring (bicyclic) bond motifs is 1. The number of hydrogen-bond acceptors (Lipinski definition) is 3. The zero-order valence-electron chi connectivity index (χ0n) is 15.7. The van der Waals surface area contributed by atoms with Crippen LogP contribution in [0.25, 0.3) is 0 Å². The number of benzene rings is 2. The van der Waals surface area contributed by atoms with Crippen molar-refractivity contribution in [3.8, 4) is 0 Å². The molecule has 4 aliphatic rings. The van der Waals surface area contributed by atoms with E-state index >= 15 is 0 Å². The number of Topliss-reactive ketones (excluding diaryl/α,β-unsaturated/α-hetero) is 3. The number of hydrogen-bond donors (Lipinski definition) is 0. The van der Waals surface area contributed by atoms with Gasteiger partial charge in [0.25, 0.3) is 0 Å². The van der Waals surface area contributed by atoms with Gasteiger partial charge in [0.1, 0.15) is 5.78 Å². The van der Waals surface area contributed by atoms with Gasteiger partial charge < -0.3 is 0 Å². The van der Waals surface area contributed by atoms with Gasteiger partial charge in [-0.1, -0.05) is 67.1 Å². The summed E-state index contributed by atoms with van der Waals surface area (Å²) >= 11 is 0. The normalized spacial score (nSPS) is 28.4. The molecule has 2 aromatic rings. The van der Waals surface area contributed by atoms with Crippen LogP contribution in [-0.4, -0.2) is 17.3 Å². The molecule has 3 atom stereocenters.